The molecule has 0 radical (unpaired) electrons. The SMILES string of the molecule is COC(=O)CCC(=O)N(C(=O)C(c1ccccc1)c1ccccc1)c1ccc(C)cc1. The maximum atomic E-state index is 13.9. The molecule has 3 aromatic carbocycles. The summed E-state index contributed by atoms with van der Waals surface area (Å²) in [7, 11) is 1.27. The lowest BCUT2D eigenvalue weighted by molar-refractivity contribution is -0.142. The van der Waals surface area contributed by atoms with Gasteiger partial charge in [0, 0.05) is 6.42 Å². The molecule has 3 aromatic rings. The van der Waals surface area contributed by atoms with Crippen molar-refractivity contribution in [2.24, 2.45) is 0 Å². The second-order valence-corrected chi connectivity index (χ2v) is 7.23. The van der Waals surface area contributed by atoms with Gasteiger partial charge in [0.25, 0.3) is 0 Å². The van der Waals surface area contributed by atoms with E-state index in [1.165, 1.54) is 12.0 Å². The number of methoxy groups -OCH3 is 1. The zero-order valence-corrected chi connectivity index (χ0v) is 17.7. The van der Waals surface area contributed by atoms with Gasteiger partial charge >= 0.3 is 5.97 Å². The Hall–Kier alpha value is -3.73. The zero-order valence-electron chi connectivity index (χ0n) is 17.7. The van der Waals surface area contributed by atoms with Crippen molar-refractivity contribution in [1.82, 2.24) is 0 Å². The minimum Gasteiger partial charge on any atom is -0.469 e. The molecular formula is C26H25NO4. The molecule has 5 nitrogen and oxygen atoms in total. The van der Waals surface area contributed by atoms with Crippen molar-refractivity contribution in [2.45, 2.75) is 25.7 Å². The molecule has 0 heterocycles. The molecule has 0 atom stereocenters. The molecule has 0 aliphatic rings. The van der Waals surface area contributed by atoms with Crippen LogP contribution in [0, 0.1) is 6.92 Å². The minimum atomic E-state index is -0.661. The van der Waals surface area contributed by atoms with Gasteiger partial charge in [-0.2, -0.15) is 0 Å². The van der Waals surface area contributed by atoms with Gasteiger partial charge in [0.05, 0.1) is 25.1 Å². The molecule has 5 heteroatoms. The first-order valence-electron chi connectivity index (χ1n) is 10.1. The highest BCUT2D eigenvalue weighted by atomic mass is 16.5. The fourth-order valence-electron chi connectivity index (χ4n) is 3.41. The molecular weight excluding hydrogens is 390 g/mol. The van der Waals surface area contributed by atoms with Crippen molar-refractivity contribution in [1.29, 1.82) is 0 Å². The number of amides is 2. The van der Waals surface area contributed by atoms with Crippen LogP contribution in [0.5, 0.6) is 0 Å². The predicted molar refractivity (Wildman–Crippen MR) is 120 cm³/mol. The van der Waals surface area contributed by atoms with E-state index in [0.29, 0.717) is 5.69 Å². The van der Waals surface area contributed by atoms with Crippen LogP contribution in [0.3, 0.4) is 0 Å². The van der Waals surface area contributed by atoms with E-state index in [0.717, 1.165) is 16.7 Å². The number of esters is 1. The lowest BCUT2D eigenvalue weighted by Gasteiger charge is -2.27. The summed E-state index contributed by atoms with van der Waals surface area (Å²) < 4.78 is 4.65. The van der Waals surface area contributed by atoms with Crippen LogP contribution in [0.25, 0.3) is 0 Å². The van der Waals surface area contributed by atoms with E-state index in [4.69, 9.17) is 0 Å². The largest absolute Gasteiger partial charge is 0.469 e. The highest BCUT2D eigenvalue weighted by Crippen LogP contribution is 2.30. The Balaban J connectivity index is 2.04. The lowest BCUT2D eigenvalue weighted by atomic mass is 9.89. The summed E-state index contributed by atoms with van der Waals surface area (Å²) in [6, 6.07) is 25.9. The van der Waals surface area contributed by atoms with Crippen molar-refractivity contribution in [2.75, 3.05) is 12.0 Å². The van der Waals surface area contributed by atoms with Crippen LogP contribution in [0.1, 0.15) is 35.4 Å². The molecule has 2 amide bonds. The van der Waals surface area contributed by atoms with Gasteiger partial charge in [0.15, 0.2) is 0 Å². The molecule has 0 aliphatic heterocycles. The Morgan fingerprint density at radius 2 is 1.29 bits per heavy atom. The van der Waals surface area contributed by atoms with Crippen LogP contribution in [0.2, 0.25) is 0 Å². The Labute approximate surface area is 182 Å². The molecule has 0 aliphatic carbocycles. The average molecular weight is 415 g/mol. The first kappa shape index (κ1) is 22.0. The van der Waals surface area contributed by atoms with Gasteiger partial charge in [-0.25, -0.2) is 4.90 Å². The molecule has 3 rings (SSSR count). The van der Waals surface area contributed by atoms with Crippen LogP contribution in [-0.2, 0) is 19.1 Å². The third kappa shape index (κ3) is 5.45. The van der Waals surface area contributed by atoms with Crippen molar-refractivity contribution in [3.8, 4) is 0 Å². The number of carbonyl (C=O) groups excluding carboxylic acids is 3. The smallest absolute Gasteiger partial charge is 0.306 e. The molecule has 0 N–H and O–H groups in total. The zero-order chi connectivity index (χ0) is 22.2. The normalized spacial score (nSPS) is 10.5. The van der Waals surface area contributed by atoms with E-state index in [2.05, 4.69) is 4.74 Å². The number of ether oxygens (including phenoxy) is 1. The second kappa shape index (κ2) is 10.3. The number of rotatable bonds is 7. The van der Waals surface area contributed by atoms with E-state index in [1.807, 2.05) is 79.7 Å². The van der Waals surface area contributed by atoms with E-state index in [1.54, 1.807) is 12.1 Å². The fraction of sp³-hybridized carbons (Fsp3) is 0.192. The van der Waals surface area contributed by atoms with Gasteiger partial charge in [0.2, 0.25) is 11.8 Å². The number of hydrogen-bond acceptors (Lipinski definition) is 4. The summed E-state index contributed by atoms with van der Waals surface area (Å²) in [6.07, 6.45) is -0.213. The van der Waals surface area contributed by atoms with E-state index in [9.17, 15) is 14.4 Å². The Morgan fingerprint density at radius 3 is 1.77 bits per heavy atom. The number of aryl methyl sites for hydroxylation is 1. The summed E-state index contributed by atoms with van der Waals surface area (Å²) in [5.41, 5.74) is 3.07. The summed E-state index contributed by atoms with van der Waals surface area (Å²) in [6.45, 7) is 1.94. The summed E-state index contributed by atoms with van der Waals surface area (Å²) in [5.74, 6) is -1.97. The summed E-state index contributed by atoms with van der Waals surface area (Å²) >= 11 is 0. The van der Waals surface area contributed by atoms with Crippen LogP contribution < -0.4 is 4.90 Å². The molecule has 31 heavy (non-hydrogen) atoms. The maximum Gasteiger partial charge on any atom is 0.306 e. The number of imide groups is 1. The van der Waals surface area contributed by atoms with Gasteiger partial charge in [-0.15, -0.1) is 0 Å². The predicted octanol–water partition coefficient (Wildman–Crippen LogP) is 4.64. The van der Waals surface area contributed by atoms with Gasteiger partial charge in [-0.05, 0) is 30.2 Å². The van der Waals surface area contributed by atoms with Crippen LogP contribution >= 0.6 is 0 Å². The van der Waals surface area contributed by atoms with E-state index in [-0.39, 0.29) is 18.7 Å². The molecule has 0 saturated carbocycles. The Morgan fingerprint density at radius 1 is 0.774 bits per heavy atom. The topological polar surface area (TPSA) is 63.7 Å². The van der Waals surface area contributed by atoms with Crippen molar-refractivity contribution in [3.05, 3.63) is 102 Å². The highest BCUT2D eigenvalue weighted by Gasteiger charge is 2.32. The molecule has 0 unspecified atom stereocenters. The molecule has 0 aromatic heterocycles. The van der Waals surface area contributed by atoms with Crippen molar-refractivity contribution >= 4 is 23.5 Å². The Bertz CT molecular complexity index is 991. The molecule has 0 spiro atoms. The average Bonchev–Trinajstić information content (AvgIpc) is 2.80. The first-order valence-corrected chi connectivity index (χ1v) is 10.1. The van der Waals surface area contributed by atoms with Crippen LogP contribution in [0.4, 0.5) is 5.69 Å². The molecule has 0 bridgehead atoms. The van der Waals surface area contributed by atoms with Crippen LogP contribution in [-0.4, -0.2) is 24.9 Å². The lowest BCUT2D eigenvalue weighted by Crippen LogP contribution is -2.40. The van der Waals surface area contributed by atoms with Gasteiger partial charge < -0.3 is 4.74 Å². The molecule has 0 fully saturated rings. The van der Waals surface area contributed by atoms with Crippen LogP contribution in [0.15, 0.2) is 84.9 Å². The van der Waals surface area contributed by atoms with Gasteiger partial charge in [0.1, 0.15) is 0 Å². The number of anilines is 1. The number of hydrogen-bond donors (Lipinski definition) is 0. The molecule has 0 saturated heterocycles. The summed E-state index contributed by atoms with van der Waals surface area (Å²) in [5, 5.41) is 0. The first-order chi connectivity index (χ1) is 15.0. The van der Waals surface area contributed by atoms with E-state index >= 15 is 0 Å². The maximum absolute atomic E-state index is 13.9. The standard InChI is InChI=1S/C26H25NO4/c1-19-13-15-22(16-14-19)27(23(28)17-18-24(29)31-2)26(30)25(20-9-5-3-6-10-20)21-11-7-4-8-12-21/h3-16,25H,17-18H2,1-2H3. The third-order valence-electron chi connectivity index (χ3n) is 5.05. The molecule has 158 valence electrons. The third-order valence-corrected chi connectivity index (χ3v) is 5.05. The fourth-order valence-corrected chi connectivity index (χ4v) is 3.41. The quantitative estimate of drug-likeness (QED) is 0.528. The van der Waals surface area contributed by atoms with Gasteiger partial charge in [-0.1, -0.05) is 78.4 Å². The van der Waals surface area contributed by atoms with Gasteiger partial charge in [-0.3, -0.25) is 14.4 Å². The van der Waals surface area contributed by atoms with Crippen molar-refractivity contribution < 1.29 is 19.1 Å². The summed E-state index contributed by atoms with van der Waals surface area (Å²) in [4.78, 5) is 39.8. The van der Waals surface area contributed by atoms with Crippen molar-refractivity contribution in [3.63, 3.8) is 0 Å². The van der Waals surface area contributed by atoms with E-state index < -0.39 is 17.8 Å². The highest BCUT2D eigenvalue weighted by molar-refractivity contribution is 6.18. The number of nitrogens with zero attached hydrogens (tertiary/aromatic N) is 1. The Kier molecular flexibility index (Phi) is 7.33. The monoisotopic (exact) mass is 415 g/mol. The number of benzene rings is 3. The number of carbonyl (C=O) groups is 3. The second-order valence-electron chi connectivity index (χ2n) is 7.23. The minimum absolute atomic E-state index is 0.0910.